The van der Waals surface area contributed by atoms with E-state index in [1.165, 1.54) is 12.5 Å². The van der Waals surface area contributed by atoms with Crippen molar-refractivity contribution in [3.8, 4) is 0 Å². The van der Waals surface area contributed by atoms with Crippen LogP contribution in [0.2, 0.25) is 0 Å². The second-order valence-corrected chi connectivity index (χ2v) is 11.8. The van der Waals surface area contributed by atoms with Gasteiger partial charge < -0.3 is 10.2 Å². The molecule has 2 fully saturated rings. The monoisotopic (exact) mass is 530 g/mol. The Morgan fingerprint density at radius 1 is 1.03 bits per heavy atom. The summed E-state index contributed by atoms with van der Waals surface area (Å²) in [6.45, 7) is 10.6. The highest BCUT2D eigenvalue weighted by Gasteiger charge is 2.41. The zero-order valence-electron chi connectivity index (χ0n) is 23.6. The van der Waals surface area contributed by atoms with Gasteiger partial charge in [0.1, 0.15) is 12.1 Å². The highest BCUT2D eigenvalue weighted by atomic mass is 16.2. The number of pyridine rings is 1. The number of amides is 3. The first-order chi connectivity index (χ1) is 18.7. The Morgan fingerprint density at radius 2 is 1.72 bits per heavy atom. The number of piperidine rings is 1. The van der Waals surface area contributed by atoms with Crippen molar-refractivity contribution < 1.29 is 14.4 Å². The SMILES string of the molecule is C=CC(=O)N1CCCCC1C(=O)N(c1ccc(C(C)(C)C)cc1)C(C(=O)NC1CCCCC1)c1cccnc1. The number of anilines is 1. The van der Waals surface area contributed by atoms with E-state index in [1.54, 1.807) is 28.3 Å². The van der Waals surface area contributed by atoms with Crippen LogP contribution < -0.4 is 10.2 Å². The van der Waals surface area contributed by atoms with Crippen molar-refractivity contribution in [1.82, 2.24) is 15.2 Å². The summed E-state index contributed by atoms with van der Waals surface area (Å²) >= 11 is 0. The Kier molecular flexibility index (Phi) is 9.20. The fourth-order valence-electron chi connectivity index (χ4n) is 5.74. The van der Waals surface area contributed by atoms with E-state index in [-0.39, 0.29) is 29.2 Å². The Morgan fingerprint density at radius 3 is 2.33 bits per heavy atom. The predicted molar refractivity (Wildman–Crippen MR) is 154 cm³/mol. The predicted octanol–water partition coefficient (Wildman–Crippen LogP) is 5.47. The van der Waals surface area contributed by atoms with Gasteiger partial charge in [-0.05, 0) is 67.4 Å². The molecule has 1 aliphatic carbocycles. The standard InChI is InChI=1S/C32H42N4O3/c1-5-28(37)35-21-10-9-15-27(35)31(39)36(26-18-16-24(17-19-26)32(2,3)4)29(23-12-11-20-33-22-23)30(38)34-25-13-7-6-8-14-25/h5,11-12,16-20,22,25,27,29H,1,6-10,13-15,21H2,2-4H3,(H,34,38). The molecule has 2 atom stereocenters. The van der Waals surface area contributed by atoms with E-state index in [4.69, 9.17) is 0 Å². The zero-order chi connectivity index (χ0) is 28.0. The van der Waals surface area contributed by atoms with Crippen LogP contribution in [0.4, 0.5) is 5.69 Å². The van der Waals surface area contributed by atoms with Gasteiger partial charge in [-0.2, -0.15) is 0 Å². The number of aromatic nitrogens is 1. The lowest BCUT2D eigenvalue weighted by atomic mass is 9.87. The van der Waals surface area contributed by atoms with E-state index < -0.39 is 12.1 Å². The third-order valence-electron chi connectivity index (χ3n) is 7.95. The van der Waals surface area contributed by atoms with Crippen LogP contribution in [0.1, 0.15) is 89.3 Å². The molecule has 0 bridgehead atoms. The van der Waals surface area contributed by atoms with Gasteiger partial charge in [0.25, 0.3) is 5.91 Å². The molecule has 7 nitrogen and oxygen atoms in total. The van der Waals surface area contributed by atoms with Crippen LogP contribution in [0.15, 0.2) is 61.4 Å². The molecule has 2 aliphatic rings. The minimum Gasteiger partial charge on any atom is -0.351 e. The first-order valence-corrected chi connectivity index (χ1v) is 14.3. The summed E-state index contributed by atoms with van der Waals surface area (Å²) in [4.78, 5) is 48.9. The van der Waals surface area contributed by atoms with Crippen molar-refractivity contribution >= 4 is 23.4 Å². The lowest BCUT2D eigenvalue weighted by Crippen LogP contribution is -2.56. The maximum atomic E-state index is 14.5. The Bertz CT molecular complexity index is 1150. The van der Waals surface area contributed by atoms with E-state index >= 15 is 0 Å². The number of carbonyl (C=O) groups is 3. The van der Waals surface area contributed by atoms with E-state index in [1.807, 2.05) is 30.3 Å². The molecule has 2 aromatic rings. The summed E-state index contributed by atoms with van der Waals surface area (Å²) in [5, 5.41) is 3.25. The molecule has 1 aromatic carbocycles. The fraction of sp³-hybridized carbons (Fsp3) is 0.500. The summed E-state index contributed by atoms with van der Waals surface area (Å²) in [6.07, 6.45) is 12.0. The van der Waals surface area contributed by atoms with Crippen molar-refractivity contribution in [2.75, 3.05) is 11.4 Å². The summed E-state index contributed by atoms with van der Waals surface area (Å²) < 4.78 is 0. The summed E-state index contributed by atoms with van der Waals surface area (Å²) in [6, 6.07) is 9.98. The number of hydrogen-bond donors (Lipinski definition) is 1. The van der Waals surface area contributed by atoms with Gasteiger partial charge in [-0.1, -0.05) is 64.8 Å². The van der Waals surface area contributed by atoms with Crippen molar-refractivity contribution in [3.05, 3.63) is 72.6 Å². The smallest absolute Gasteiger partial charge is 0.250 e. The quantitative estimate of drug-likeness (QED) is 0.481. The van der Waals surface area contributed by atoms with Gasteiger partial charge in [-0.3, -0.25) is 24.3 Å². The Labute approximate surface area is 232 Å². The Balaban J connectivity index is 1.80. The number of nitrogens with zero attached hydrogens (tertiary/aromatic N) is 3. The molecule has 4 rings (SSSR count). The number of rotatable bonds is 7. The highest BCUT2D eigenvalue weighted by molar-refractivity contribution is 6.05. The average Bonchev–Trinajstić information content (AvgIpc) is 2.95. The van der Waals surface area contributed by atoms with Gasteiger partial charge >= 0.3 is 0 Å². The fourth-order valence-corrected chi connectivity index (χ4v) is 5.74. The molecule has 208 valence electrons. The Hall–Kier alpha value is -3.48. The molecule has 2 unspecified atom stereocenters. The first kappa shape index (κ1) is 28.5. The average molecular weight is 531 g/mol. The molecule has 7 heteroatoms. The molecule has 0 spiro atoms. The maximum absolute atomic E-state index is 14.5. The molecule has 1 saturated heterocycles. The molecule has 2 heterocycles. The van der Waals surface area contributed by atoms with Crippen LogP contribution in [-0.2, 0) is 19.8 Å². The highest BCUT2D eigenvalue weighted by Crippen LogP contribution is 2.33. The molecule has 1 aliphatic heterocycles. The van der Waals surface area contributed by atoms with Crippen molar-refractivity contribution in [3.63, 3.8) is 0 Å². The molecule has 3 amide bonds. The first-order valence-electron chi connectivity index (χ1n) is 14.3. The lowest BCUT2D eigenvalue weighted by molar-refractivity contribution is -0.138. The maximum Gasteiger partial charge on any atom is 0.250 e. The minimum atomic E-state index is -0.920. The second kappa shape index (κ2) is 12.6. The second-order valence-electron chi connectivity index (χ2n) is 11.8. The lowest BCUT2D eigenvalue weighted by Gasteiger charge is -2.40. The topological polar surface area (TPSA) is 82.6 Å². The van der Waals surface area contributed by atoms with Crippen LogP contribution in [0.3, 0.4) is 0 Å². The summed E-state index contributed by atoms with van der Waals surface area (Å²) in [7, 11) is 0. The van der Waals surface area contributed by atoms with Gasteiger partial charge in [0.05, 0.1) is 0 Å². The number of benzene rings is 1. The van der Waals surface area contributed by atoms with E-state index in [0.29, 0.717) is 24.2 Å². The zero-order valence-corrected chi connectivity index (χ0v) is 23.6. The molecule has 39 heavy (non-hydrogen) atoms. The van der Waals surface area contributed by atoms with E-state index in [0.717, 1.165) is 44.1 Å². The van der Waals surface area contributed by atoms with E-state index in [2.05, 4.69) is 37.7 Å². The van der Waals surface area contributed by atoms with Crippen molar-refractivity contribution in [1.29, 1.82) is 0 Å². The van der Waals surface area contributed by atoms with Gasteiger partial charge in [-0.15, -0.1) is 0 Å². The number of likely N-dealkylation sites (tertiary alicyclic amines) is 1. The molecule has 1 N–H and O–H groups in total. The summed E-state index contributed by atoms with van der Waals surface area (Å²) in [5.74, 6) is -0.748. The third kappa shape index (κ3) is 6.75. The van der Waals surface area contributed by atoms with Gasteiger partial charge in [0.2, 0.25) is 11.8 Å². The van der Waals surface area contributed by atoms with Crippen molar-refractivity contribution in [2.45, 2.75) is 95.7 Å². The van der Waals surface area contributed by atoms with Crippen LogP contribution in [0, 0.1) is 0 Å². The molecule has 1 aromatic heterocycles. The number of carbonyl (C=O) groups excluding carboxylic acids is 3. The molecule has 0 radical (unpaired) electrons. The van der Waals surface area contributed by atoms with Crippen LogP contribution in [0.5, 0.6) is 0 Å². The third-order valence-corrected chi connectivity index (χ3v) is 7.95. The number of nitrogens with one attached hydrogen (secondary N) is 1. The van der Waals surface area contributed by atoms with Gasteiger partial charge in [0.15, 0.2) is 0 Å². The van der Waals surface area contributed by atoms with Crippen LogP contribution in [-0.4, -0.2) is 46.2 Å². The summed E-state index contributed by atoms with van der Waals surface area (Å²) in [5.41, 5.74) is 2.32. The van der Waals surface area contributed by atoms with E-state index in [9.17, 15) is 14.4 Å². The van der Waals surface area contributed by atoms with Crippen LogP contribution in [0.25, 0.3) is 0 Å². The minimum absolute atomic E-state index is 0.0645. The van der Waals surface area contributed by atoms with Crippen LogP contribution >= 0.6 is 0 Å². The molecular weight excluding hydrogens is 488 g/mol. The molecule has 1 saturated carbocycles. The normalized spacial score (nSPS) is 19.2. The van der Waals surface area contributed by atoms with Gasteiger partial charge in [0, 0.05) is 36.2 Å². The van der Waals surface area contributed by atoms with Crippen molar-refractivity contribution in [2.24, 2.45) is 0 Å². The number of hydrogen-bond acceptors (Lipinski definition) is 4. The van der Waals surface area contributed by atoms with Gasteiger partial charge in [-0.25, -0.2) is 0 Å². The largest absolute Gasteiger partial charge is 0.351 e. The molecular formula is C32H42N4O3.